The van der Waals surface area contributed by atoms with Crippen molar-refractivity contribution >= 4 is 205 Å². The molecule has 560 valence electrons. The fourth-order valence-electron chi connectivity index (χ4n) is 19.6. The monoisotopic (exact) mass is 1560 g/mol. The standard InChI is InChI=1S/C62H35N3OS.C48H27N5O/c1-2-15-36(16-3-1)37-17-14-18-40(33-37)58-57-44-22-6-4-19-41(44)42-20-5-9-25-47(42)59(57)64-62(63-58)65-51-27-12-10-26-48(51)55-45-23-7-8-24-46(45)56-49-31-29-39(35-52(49)66-61(56)60(55)65)38-30-32-54-50(34-38)43-21-11-13-28-53(43)67-54;1-3-15-31-29(13-1)30-14-2-6-18-34(30)44-43(31)45(38-21-10-12-26-50-38)52-48(51-44)53-39-27-28(37-20-9-11-25-49-37)23-24-35(39)41-32-16-4-5-17-33(32)42-36-19-7-8-22-40(36)54-47(42)46(41)53/h1-35H;1-27H. The van der Waals surface area contributed by atoms with Crippen LogP contribution in [0.5, 0.6) is 0 Å². The Balaban J connectivity index is 0.000000134. The van der Waals surface area contributed by atoms with Crippen molar-refractivity contribution in [3.63, 3.8) is 0 Å². The molecule has 0 saturated carbocycles. The minimum atomic E-state index is 0.541. The van der Waals surface area contributed by atoms with Crippen LogP contribution in [0.25, 0.3) is 262 Å². The molecule has 0 radical (unpaired) electrons. The van der Waals surface area contributed by atoms with E-state index in [1.54, 1.807) is 0 Å². The second-order valence-electron chi connectivity index (χ2n) is 31.3. The van der Waals surface area contributed by atoms with E-state index in [9.17, 15) is 0 Å². The molecule has 9 aromatic heterocycles. The second kappa shape index (κ2) is 26.2. The molecule has 18 aromatic carbocycles. The average molecular weight is 1560 g/mol. The van der Waals surface area contributed by atoms with E-state index in [-0.39, 0.29) is 0 Å². The Morgan fingerprint density at radius 3 is 1.28 bits per heavy atom. The van der Waals surface area contributed by atoms with Crippen molar-refractivity contribution in [2.24, 2.45) is 0 Å². The highest BCUT2D eigenvalue weighted by Crippen LogP contribution is 2.51. The summed E-state index contributed by atoms with van der Waals surface area (Å²) in [4.78, 5) is 32.2. The number of benzene rings is 18. The highest BCUT2D eigenvalue weighted by molar-refractivity contribution is 7.25. The number of para-hydroxylation sites is 2. The van der Waals surface area contributed by atoms with Gasteiger partial charge in [0, 0.05) is 108 Å². The smallest absolute Gasteiger partial charge is 0.236 e. The Hall–Kier alpha value is -16.1. The van der Waals surface area contributed by atoms with Crippen molar-refractivity contribution in [2.45, 2.75) is 0 Å². The number of hydrogen-bond acceptors (Lipinski definition) is 9. The Morgan fingerprint density at radius 1 is 0.223 bits per heavy atom. The molecule has 0 aliphatic carbocycles. The van der Waals surface area contributed by atoms with Crippen molar-refractivity contribution < 1.29 is 8.83 Å². The molecule has 0 unspecified atom stereocenters. The van der Waals surface area contributed by atoms with Crippen molar-refractivity contribution in [3.05, 3.63) is 376 Å². The van der Waals surface area contributed by atoms with Crippen LogP contribution in [0.4, 0.5) is 0 Å². The number of aromatic nitrogens is 8. The summed E-state index contributed by atoms with van der Waals surface area (Å²) in [6.45, 7) is 0. The molecule has 11 heteroatoms. The average Bonchev–Trinajstić information content (AvgIpc) is 1.54. The molecule has 0 aliphatic heterocycles. The summed E-state index contributed by atoms with van der Waals surface area (Å²) in [6, 6.07) is 129. The topological polar surface area (TPSA) is 113 Å². The van der Waals surface area contributed by atoms with E-state index in [2.05, 4.69) is 325 Å². The molecule has 0 saturated heterocycles. The van der Waals surface area contributed by atoms with Gasteiger partial charge in [-0.3, -0.25) is 19.1 Å². The van der Waals surface area contributed by atoms with Gasteiger partial charge in [0.1, 0.15) is 27.9 Å². The van der Waals surface area contributed by atoms with Crippen LogP contribution in [0.3, 0.4) is 0 Å². The molecule has 0 bridgehead atoms. The lowest BCUT2D eigenvalue weighted by Gasteiger charge is -2.16. The van der Waals surface area contributed by atoms with Crippen LogP contribution in [0.1, 0.15) is 0 Å². The van der Waals surface area contributed by atoms with Gasteiger partial charge in [0.15, 0.2) is 11.2 Å². The Morgan fingerprint density at radius 2 is 0.645 bits per heavy atom. The van der Waals surface area contributed by atoms with Crippen LogP contribution in [0.2, 0.25) is 0 Å². The van der Waals surface area contributed by atoms with Gasteiger partial charge in [-0.25, -0.2) is 19.9 Å². The number of hydrogen-bond donors (Lipinski definition) is 0. The molecule has 0 N–H and O–H groups in total. The van der Waals surface area contributed by atoms with Gasteiger partial charge in [-0.05, 0) is 155 Å². The molecular weight excluding hydrogens is 1500 g/mol. The number of nitrogens with zero attached hydrogens (tertiary/aromatic N) is 8. The predicted molar refractivity (Wildman–Crippen MR) is 503 cm³/mol. The summed E-state index contributed by atoms with van der Waals surface area (Å²) in [5, 5.41) is 26.9. The molecule has 0 amide bonds. The maximum Gasteiger partial charge on any atom is 0.236 e. The SMILES string of the molecule is c1ccc(-c2ccc3c4c5ccccc5c5c6ccccc6oc5c4n(-c4nc(-c5ccccn5)c5c6ccccc6c6ccccc6c5n4)c3c2)nc1.c1ccc(-c2cccc(-c3nc(-n4c5ccccc5c5c6ccccc6c6c7ccc(-c8ccc9sc%10ccccc%10c9c8)cc7oc6c54)nc4c5ccccc5c5ccccc5c34)c2)cc1. The van der Waals surface area contributed by atoms with E-state index in [1.807, 2.05) is 72.3 Å². The number of fused-ring (bicyclic) bond motifs is 35. The van der Waals surface area contributed by atoms with Crippen LogP contribution >= 0.6 is 11.3 Å². The third-order valence-corrected chi connectivity index (χ3v) is 26.0. The first-order valence-corrected chi connectivity index (χ1v) is 41.6. The van der Waals surface area contributed by atoms with Gasteiger partial charge >= 0.3 is 0 Å². The number of thiophene rings is 1. The van der Waals surface area contributed by atoms with Crippen LogP contribution in [-0.2, 0) is 0 Å². The normalized spacial score (nSPS) is 12.1. The molecule has 10 nitrogen and oxygen atoms in total. The predicted octanol–water partition coefficient (Wildman–Crippen LogP) is 29.7. The van der Waals surface area contributed by atoms with E-state index in [0.29, 0.717) is 11.9 Å². The third kappa shape index (κ3) is 10.0. The zero-order chi connectivity index (χ0) is 79.1. The first-order chi connectivity index (χ1) is 60.0. The summed E-state index contributed by atoms with van der Waals surface area (Å²) in [7, 11) is 0. The van der Waals surface area contributed by atoms with Crippen molar-refractivity contribution in [1.29, 1.82) is 0 Å². The fourth-order valence-corrected chi connectivity index (χ4v) is 20.7. The maximum absolute atomic E-state index is 7.29. The molecule has 0 atom stereocenters. The van der Waals surface area contributed by atoms with Crippen LogP contribution < -0.4 is 0 Å². The van der Waals surface area contributed by atoms with Gasteiger partial charge in [-0.15, -0.1) is 11.3 Å². The van der Waals surface area contributed by atoms with Gasteiger partial charge in [-0.1, -0.05) is 285 Å². The van der Waals surface area contributed by atoms with Crippen molar-refractivity contribution in [2.75, 3.05) is 0 Å². The lowest BCUT2D eigenvalue weighted by molar-refractivity contribution is 0.670. The lowest BCUT2D eigenvalue weighted by Crippen LogP contribution is -2.05. The van der Waals surface area contributed by atoms with E-state index in [0.717, 1.165) is 225 Å². The summed E-state index contributed by atoms with van der Waals surface area (Å²) < 4.78 is 21.3. The Kier molecular flexibility index (Phi) is 14.5. The maximum atomic E-state index is 7.29. The van der Waals surface area contributed by atoms with Gasteiger partial charge in [0.05, 0.1) is 39.1 Å². The molecule has 9 heterocycles. The molecule has 0 fully saturated rings. The van der Waals surface area contributed by atoms with E-state index in [1.165, 1.54) is 25.6 Å². The number of pyridine rings is 2. The van der Waals surface area contributed by atoms with Crippen LogP contribution in [-0.4, -0.2) is 39.0 Å². The first kappa shape index (κ1) is 67.1. The number of furan rings is 2. The molecule has 0 aliphatic rings. The largest absolute Gasteiger partial charge is 0.454 e. The molecule has 121 heavy (non-hydrogen) atoms. The highest BCUT2D eigenvalue weighted by Gasteiger charge is 2.30. The molecule has 0 spiro atoms. The fraction of sp³-hybridized carbons (Fsp3) is 0. The zero-order valence-electron chi connectivity index (χ0n) is 64.6. The van der Waals surface area contributed by atoms with E-state index in [4.69, 9.17) is 38.7 Å². The molecule has 27 aromatic rings. The third-order valence-electron chi connectivity index (χ3n) is 24.8. The summed E-state index contributed by atoms with van der Waals surface area (Å²) in [5.74, 6) is 1.13. The van der Waals surface area contributed by atoms with E-state index < -0.39 is 0 Å². The van der Waals surface area contributed by atoms with Crippen molar-refractivity contribution in [1.82, 2.24) is 39.0 Å². The first-order valence-electron chi connectivity index (χ1n) is 40.8. The van der Waals surface area contributed by atoms with Gasteiger partial charge in [0.25, 0.3) is 0 Å². The van der Waals surface area contributed by atoms with Crippen LogP contribution in [0, 0.1) is 0 Å². The molecule has 27 rings (SSSR count). The Bertz CT molecular complexity index is 9120. The highest BCUT2D eigenvalue weighted by atomic mass is 32.1. The quantitative estimate of drug-likeness (QED) is 0.145. The number of rotatable bonds is 7. The minimum absolute atomic E-state index is 0.541. The zero-order valence-corrected chi connectivity index (χ0v) is 65.4. The Labute approximate surface area is 693 Å². The van der Waals surface area contributed by atoms with Gasteiger partial charge in [-0.2, -0.15) is 0 Å². The van der Waals surface area contributed by atoms with Crippen molar-refractivity contribution in [3.8, 4) is 68.1 Å². The van der Waals surface area contributed by atoms with Gasteiger partial charge in [0.2, 0.25) is 11.9 Å². The summed E-state index contributed by atoms with van der Waals surface area (Å²) in [5.41, 5.74) is 18.8. The van der Waals surface area contributed by atoms with Gasteiger partial charge < -0.3 is 8.83 Å². The molecular formula is C110H62N8O2S. The summed E-state index contributed by atoms with van der Waals surface area (Å²) >= 11 is 1.84. The minimum Gasteiger partial charge on any atom is -0.454 e. The van der Waals surface area contributed by atoms with E-state index >= 15 is 0 Å². The second-order valence-corrected chi connectivity index (χ2v) is 32.4. The lowest BCUT2D eigenvalue weighted by atomic mass is 9.93. The van der Waals surface area contributed by atoms with Crippen LogP contribution in [0.15, 0.2) is 385 Å². The summed E-state index contributed by atoms with van der Waals surface area (Å²) in [6.07, 6.45) is 3.66.